The topological polar surface area (TPSA) is 49.3 Å². The van der Waals surface area contributed by atoms with Gasteiger partial charge in [0.15, 0.2) is 0 Å². The lowest BCUT2D eigenvalue weighted by Gasteiger charge is -2.17. The molecule has 110 valence electrons. The summed E-state index contributed by atoms with van der Waals surface area (Å²) in [5.74, 6) is 0.00790. The zero-order valence-electron chi connectivity index (χ0n) is 12.4. The number of aliphatic hydroxyl groups is 1. The van der Waals surface area contributed by atoms with Crippen LogP contribution in [0, 0.1) is 0 Å². The van der Waals surface area contributed by atoms with Crippen LogP contribution in [-0.4, -0.2) is 11.0 Å². The van der Waals surface area contributed by atoms with Crippen molar-refractivity contribution in [2.24, 2.45) is 0 Å². The highest BCUT2D eigenvalue weighted by atomic mass is 32.1. The molecular formula is C17H19NO2S. The Morgan fingerprint density at radius 2 is 2.05 bits per heavy atom. The number of anilines is 1. The van der Waals surface area contributed by atoms with Crippen LogP contribution in [0.15, 0.2) is 30.3 Å². The molecule has 0 aliphatic carbocycles. The van der Waals surface area contributed by atoms with Crippen molar-refractivity contribution in [3.63, 3.8) is 0 Å². The van der Waals surface area contributed by atoms with Crippen molar-refractivity contribution in [1.82, 2.24) is 0 Å². The molecule has 1 aliphatic rings. The number of nitrogens with one attached hydrogen (secondary N) is 1. The summed E-state index contributed by atoms with van der Waals surface area (Å²) in [4.78, 5) is 14.2. The number of carbonyl (C=O) groups is 1. The SMILES string of the molecule is CCc1ccc(C(O)c2ccc3c(c2)C(C)(C)C(=O)N3)s1. The van der Waals surface area contributed by atoms with Crippen LogP contribution in [0.2, 0.25) is 0 Å². The quantitative estimate of drug-likeness (QED) is 0.909. The van der Waals surface area contributed by atoms with Crippen LogP contribution >= 0.6 is 11.3 Å². The maximum Gasteiger partial charge on any atom is 0.234 e. The van der Waals surface area contributed by atoms with Gasteiger partial charge >= 0.3 is 0 Å². The number of benzene rings is 1. The fourth-order valence-electron chi connectivity index (χ4n) is 2.65. The van der Waals surface area contributed by atoms with Crippen LogP contribution in [0.4, 0.5) is 5.69 Å². The first-order valence-corrected chi connectivity index (χ1v) is 7.97. The van der Waals surface area contributed by atoms with Gasteiger partial charge in [0.1, 0.15) is 6.10 Å². The average Bonchev–Trinajstić information content (AvgIpc) is 3.02. The third-order valence-electron chi connectivity index (χ3n) is 4.15. The Balaban J connectivity index is 1.98. The molecular weight excluding hydrogens is 282 g/mol. The molecule has 0 fully saturated rings. The van der Waals surface area contributed by atoms with Crippen molar-refractivity contribution in [3.8, 4) is 0 Å². The summed E-state index contributed by atoms with van der Waals surface area (Å²) in [7, 11) is 0. The zero-order chi connectivity index (χ0) is 15.2. The van der Waals surface area contributed by atoms with E-state index in [1.54, 1.807) is 11.3 Å². The van der Waals surface area contributed by atoms with Gasteiger partial charge in [0.2, 0.25) is 5.91 Å². The molecule has 4 heteroatoms. The molecule has 1 atom stereocenters. The summed E-state index contributed by atoms with van der Waals surface area (Å²) in [5, 5.41) is 13.5. The molecule has 3 rings (SSSR count). The Morgan fingerprint density at radius 3 is 2.71 bits per heavy atom. The predicted molar refractivity (Wildman–Crippen MR) is 85.9 cm³/mol. The lowest BCUT2D eigenvalue weighted by atomic mass is 9.85. The minimum atomic E-state index is -0.632. The van der Waals surface area contributed by atoms with Crippen LogP contribution in [-0.2, 0) is 16.6 Å². The number of amides is 1. The van der Waals surface area contributed by atoms with Crippen molar-refractivity contribution >= 4 is 22.9 Å². The van der Waals surface area contributed by atoms with Crippen LogP contribution in [0.3, 0.4) is 0 Å². The van der Waals surface area contributed by atoms with Crippen LogP contribution in [0.5, 0.6) is 0 Å². The van der Waals surface area contributed by atoms with Crippen molar-refractivity contribution in [2.75, 3.05) is 5.32 Å². The maximum atomic E-state index is 12.0. The normalized spacial score (nSPS) is 17.4. The van der Waals surface area contributed by atoms with E-state index in [0.29, 0.717) is 0 Å². The van der Waals surface area contributed by atoms with Gasteiger partial charge in [-0.3, -0.25) is 4.79 Å². The number of thiophene rings is 1. The molecule has 3 nitrogen and oxygen atoms in total. The fourth-order valence-corrected chi connectivity index (χ4v) is 3.62. The molecule has 21 heavy (non-hydrogen) atoms. The summed E-state index contributed by atoms with van der Waals surface area (Å²) in [5.41, 5.74) is 2.09. The minimum Gasteiger partial charge on any atom is -0.383 e. The smallest absolute Gasteiger partial charge is 0.234 e. The summed E-state index contributed by atoms with van der Waals surface area (Å²) < 4.78 is 0. The van der Waals surface area contributed by atoms with E-state index < -0.39 is 11.5 Å². The number of hydrogen-bond donors (Lipinski definition) is 2. The van der Waals surface area contributed by atoms with E-state index in [4.69, 9.17) is 0 Å². The first kappa shape index (κ1) is 14.3. The summed E-state index contributed by atoms with van der Waals surface area (Å²) in [6, 6.07) is 9.76. The minimum absolute atomic E-state index is 0.00790. The first-order chi connectivity index (χ1) is 9.93. The zero-order valence-corrected chi connectivity index (χ0v) is 13.3. The molecule has 0 saturated heterocycles. The fraction of sp³-hybridized carbons (Fsp3) is 0.353. The Labute approximate surface area is 128 Å². The Kier molecular flexibility index (Phi) is 3.38. The highest BCUT2D eigenvalue weighted by Crippen LogP contribution is 2.39. The molecule has 0 bridgehead atoms. The number of fused-ring (bicyclic) bond motifs is 1. The lowest BCUT2D eigenvalue weighted by molar-refractivity contribution is -0.119. The molecule has 2 N–H and O–H groups in total. The third-order valence-corrected chi connectivity index (χ3v) is 5.43. The summed E-state index contributed by atoms with van der Waals surface area (Å²) in [6.07, 6.45) is 0.347. The molecule has 1 unspecified atom stereocenters. The van der Waals surface area contributed by atoms with Gasteiger partial charge in [0, 0.05) is 15.4 Å². The third kappa shape index (κ3) is 2.28. The van der Waals surface area contributed by atoms with Crippen molar-refractivity contribution in [2.45, 2.75) is 38.7 Å². The first-order valence-electron chi connectivity index (χ1n) is 7.16. The van der Waals surface area contributed by atoms with Gasteiger partial charge in [-0.1, -0.05) is 13.0 Å². The van der Waals surface area contributed by atoms with Crippen molar-refractivity contribution < 1.29 is 9.90 Å². The second-order valence-electron chi connectivity index (χ2n) is 5.94. The Bertz CT molecular complexity index is 703. The van der Waals surface area contributed by atoms with Gasteiger partial charge in [-0.25, -0.2) is 0 Å². The van der Waals surface area contributed by atoms with Crippen LogP contribution in [0.1, 0.15) is 47.8 Å². The van der Waals surface area contributed by atoms with Crippen molar-refractivity contribution in [1.29, 1.82) is 0 Å². The second kappa shape index (κ2) is 4.97. The summed E-state index contributed by atoms with van der Waals surface area (Å²) in [6.45, 7) is 5.92. The number of aliphatic hydroxyl groups excluding tert-OH is 1. The molecule has 0 radical (unpaired) electrons. The molecule has 1 aliphatic heterocycles. The van der Waals surface area contributed by atoms with Gasteiger partial charge in [-0.2, -0.15) is 0 Å². The van der Waals surface area contributed by atoms with Gasteiger partial charge in [0.05, 0.1) is 5.41 Å². The Morgan fingerprint density at radius 1 is 1.29 bits per heavy atom. The number of aryl methyl sites for hydroxylation is 1. The number of carbonyl (C=O) groups excluding carboxylic acids is 1. The highest BCUT2D eigenvalue weighted by molar-refractivity contribution is 7.12. The van der Waals surface area contributed by atoms with Crippen LogP contribution < -0.4 is 5.32 Å². The average molecular weight is 301 g/mol. The standard InChI is InChI=1S/C17H19NO2S/c1-4-11-6-8-14(21-11)15(19)10-5-7-13-12(9-10)17(2,3)16(20)18-13/h5-9,15,19H,4H2,1-3H3,(H,18,20). The second-order valence-corrected chi connectivity index (χ2v) is 7.14. The van der Waals surface area contributed by atoms with Gasteiger partial charge in [-0.15, -0.1) is 11.3 Å². The van der Waals surface area contributed by atoms with E-state index in [-0.39, 0.29) is 5.91 Å². The molecule has 0 spiro atoms. The van der Waals surface area contributed by atoms with E-state index in [1.165, 1.54) is 4.88 Å². The molecule has 1 amide bonds. The van der Waals surface area contributed by atoms with Crippen molar-refractivity contribution in [3.05, 3.63) is 51.2 Å². The van der Waals surface area contributed by atoms with Gasteiger partial charge in [-0.05, 0) is 55.7 Å². The van der Waals surface area contributed by atoms with E-state index in [2.05, 4.69) is 18.3 Å². The molecule has 1 aromatic carbocycles. The maximum absolute atomic E-state index is 12.0. The largest absolute Gasteiger partial charge is 0.383 e. The Hall–Kier alpha value is -1.65. The molecule has 2 heterocycles. The predicted octanol–water partition coefficient (Wildman–Crippen LogP) is 3.62. The van der Waals surface area contributed by atoms with E-state index in [1.807, 2.05) is 38.1 Å². The number of hydrogen-bond acceptors (Lipinski definition) is 3. The van der Waals surface area contributed by atoms with E-state index in [9.17, 15) is 9.90 Å². The molecule has 0 saturated carbocycles. The van der Waals surface area contributed by atoms with E-state index in [0.717, 1.165) is 28.1 Å². The highest BCUT2D eigenvalue weighted by Gasteiger charge is 2.38. The lowest BCUT2D eigenvalue weighted by Crippen LogP contribution is -2.26. The monoisotopic (exact) mass is 301 g/mol. The number of rotatable bonds is 3. The molecule has 2 aromatic rings. The van der Waals surface area contributed by atoms with Gasteiger partial charge in [0.25, 0.3) is 0 Å². The molecule has 1 aromatic heterocycles. The summed E-state index contributed by atoms with van der Waals surface area (Å²) >= 11 is 1.64. The van der Waals surface area contributed by atoms with E-state index >= 15 is 0 Å². The van der Waals surface area contributed by atoms with Crippen LogP contribution in [0.25, 0.3) is 0 Å². The van der Waals surface area contributed by atoms with Gasteiger partial charge < -0.3 is 10.4 Å².